The zero-order chi connectivity index (χ0) is 17.1. The monoisotopic (exact) mass is 465 g/mol. The number of thiazole rings is 1. The molecule has 0 aliphatic heterocycles. The van der Waals surface area contributed by atoms with Gasteiger partial charge >= 0.3 is 0 Å². The SMILES string of the molecule is CN=c1scc(-c2ccccc2)n1N=Cc1cc(Br)cc(Br)c1O. The third-order valence-electron chi connectivity index (χ3n) is 3.32. The van der Waals surface area contributed by atoms with Gasteiger partial charge in [0.25, 0.3) is 0 Å². The van der Waals surface area contributed by atoms with Crippen molar-refractivity contribution in [1.82, 2.24) is 4.68 Å². The highest BCUT2D eigenvalue weighted by atomic mass is 79.9. The molecule has 2 aromatic carbocycles. The molecule has 0 spiro atoms. The van der Waals surface area contributed by atoms with Crippen LogP contribution in [0.15, 0.2) is 66.9 Å². The second-order valence-electron chi connectivity index (χ2n) is 4.87. The summed E-state index contributed by atoms with van der Waals surface area (Å²) >= 11 is 8.27. The number of phenolic OH excluding ortho intramolecular Hbond substituents is 1. The highest BCUT2D eigenvalue weighted by Gasteiger charge is 2.08. The van der Waals surface area contributed by atoms with Gasteiger partial charge in [-0.15, -0.1) is 11.3 Å². The molecule has 3 rings (SSSR count). The molecule has 0 radical (unpaired) electrons. The molecule has 1 heterocycles. The molecule has 3 aromatic rings. The Hall–Kier alpha value is -1.70. The number of nitrogens with zero attached hydrogens (tertiary/aromatic N) is 3. The minimum atomic E-state index is 0.147. The van der Waals surface area contributed by atoms with E-state index >= 15 is 0 Å². The van der Waals surface area contributed by atoms with Crippen LogP contribution in [0, 0.1) is 0 Å². The van der Waals surface area contributed by atoms with Gasteiger partial charge in [-0.05, 0) is 28.1 Å². The van der Waals surface area contributed by atoms with Crippen molar-refractivity contribution >= 4 is 49.4 Å². The average molecular weight is 467 g/mol. The molecule has 0 saturated carbocycles. The molecule has 0 atom stereocenters. The molecular weight excluding hydrogens is 454 g/mol. The molecule has 0 bridgehead atoms. The second-order valence-corrected chi connectivity index (χ2v) is 7.48. The van der Waals surface area contributed by atoms with Gasteiger partial charge in [-0.25, -0.2) is 4.68 Å². The number of benzene rings is 2. The van der Waals surface area contributed by atoms with Crippen LogP contribution < -0.4 is 4.80 Å². The van der Waals surface area contributed by atoms with Gasteiger partial charge in [-0.2, -0.15) is 5.10 Å². The maximum Gasteiger partial charge on any atom is 0.205 e. The number of aromatic nitrogens is 1. The van der Waals surface area contributed by atoms with Crippen LogP contribution in [0.4, 0.5) is 0 Å². The lowest BCUT2D eigenvalue weighted by Crippen LogP contribution is -2.11. The molecule has 0 aliphatic rings. The van der Waals surface area contributed by atoms with Gasteiger partial charge in [0.2, 0.25) is 4.80 Å². The smallest absolute Gasteiger partial charge is 0.205 e. The van der Waals surface area contributed by atoms with Crippen LogP contribution in [0.5, 0.6) is 5.75 Å². The van der Waals surface area contributed by atoms with Crippen molar-refractivity contribution in [2.75, 3.05) is 7.05 Å². The van der Waals surface area contributed by atoms with Gasteiger partial charge in [-0.1, -0.05) is 46.3 Å². The topological polar surface area (TPSA) is 49.9 Å². The van der Waals surface area contributed by atoms with E-state index in [1.165, 1.54) is 11.3 Å². The lowest BCUT2D eigenvalue weighted by Gasteiger charge is -2.05. The molecular formula is C17H13Br2N3OS. The lowest BCUT2D eigenvalue weighted by molar-refractivity contribution is 0.471. The number of hydrogen-bond donors (Lipinski definition) is 1. The van der Waals surface area contributed by atoms with Crippen molar-refractivity contribution < 1.29 is 5.11 Å². The fourth-order valence-electron chi connectivity index (χ4n) is 2.17. The van der Waals surface area contributed by atoms with Gasteiger partial charge in [0.1, 0.15) is 5.75 Å². The van der Waals surface area contributed by atoms with E-state index in [-0.39, 0.29) is 5.75 Å². The Bertz CT molecular complexity index is 962. The van der Waals surface area contributed by atoms with Crippen LogP contribution in [-0.2, 0) is 0 Å². The summed E-state index contributed by atoms with van der Waals surface area (Å²) in [6, 6.07) is 13.6. The number of halogens is 2. The van der Waals surface area contributed by atoms with Gasteiger partial charge in [-0.3, -0.25) is 4.99 Å². The van der Waals surface area contributed by atoms with Crippen LogP contribution in [0.2, 0.25) is 0 Å². The third kappa shape index (κ3) is 3.53. The van der Waals surface area contributed by atoms with E-state index < -0.39 is 0 Å². The van der Waals surface area contributed by atoms with Gasteiger partial charge in [0, 0.05) is 28.0 Å². The van der Waals surface area contributed by atoms with Crippen LogP contribution in [-0.4, -0.2) is 23.0 Å². The van der Waals surface area contributed by atoms with E-state index in [0.717, 1.165) is 20.5 Å². The van der Waals surface area contributed by atoms with E-state index in [9.17, 15) is 5.11 Å². The Morgan fingerprint density at radius 3 is 2.62 bits per heavy atom. The first-order chi connectivity index (χ1) is 11.6. The largest absolute Gasteiger partial charge is 0.506 e. The Morgan fingerprint density at radius 1 is 1.17 bits per heavy atom. The third-order valence-corrected chi connectivity index (χ3v) is 5.29. The average Bonchev–Trinajstić information content (AvgIpc) is 3.00. The maximum atomic E-state index is 10.2. The molecule has 1 N–H and O–H groups in total. The second kappa shape index (κ2) is 7.46. The zero-order valence-corrected chi connectivity index (χ0v) is 16.6. The van der Waals surface area contributed by atoms with Crippen LogP contribution in [0.25, 0.3) is 11.3 Å². The molecule has 0 saturated heterocycles. The fraction of sp³-hybridized carbons (Fsp3) is 0.0588. The summed E-state index contributed by atoms with van der Waals surface area (Å²) in [6.07, 6.45) is 1.62. The molecule has 0 fully saturated rings. The lowest BCUT2D eigenvalue weighted by atomic mass is 10.2. The number of hydrogen-bond acceptors (Lipinski definition) is 4. The minimum absolute atomic E-state index is 0.147. The molecule has 122 valence electrons. The maximum absolute atomic E-state index is 10.2. The van der Waals surface area contributed by atoms with Gasteiger partial charge in [0.15, 0.2) is 0 Å². The van der Waals surface area contributed by atoms with Gasteiger partial charge in [0.05, 0.1) is 16.4 Å². The first kappa shape index (κ1) is 17.1. The number of phenols is 1. The normalized spacial score (nSPS) is 12.2. The van der Waals surface area contributed by atoms with Crippen LogP contribution in [0.3, 0.4) is 0 Å². The summed E-state index contributed by atoms with van der Waals surface area (Å²) in [6.45, 7) is 0. The summed E-state index contributed by atoms with van der Waals surface area (Å²) in [4.78, 5) is 5.05. The Kier molecular flexibility index (Phi) is 5.33. The highest BCUT2D eigenvalue weighted by Crippen LogP contribution is 2.30. The molecule has 0 unspecified atom stereocenters. The molecule has 4 nitrogen and oxygen atoms in total. The molecule has 1 aromatic heterocycles. The van der Waals surface area contributed by atoms with Crippen LogP contribution in [0.1, 0.15) is 5.56 Å². The predicted octanol–water partition coefficient (Wildman–Crippen LogP) is 4.86. The van der Waals surface area contributed by atoms with E-state index in [1.807, 2.05) is 41.8 Å². The molecule has 0 aliphatic carbocycles. The summed E-state index contributed by atoms with van der Waals surface area (Å²) < 4.78 is 3.23. The van der Waals surface area contributed by atoms with E-state index in [4.69, 9.17) is 0 Å². The standard InChI is InChI=1S/C17H13Br2N3OS/c1-20-17-22(15(10-24-17)11-5-3-2-4-6-11)21-9-12-7-13(18)8-14(19)16(12)23/h2-10,23H,1H3. The van der Waals surface area contributed by atoms with E-state index in [0.29, 0.717) is 10.0 Å². The van der Waals surface area contributed by atoms with Crippen molar-refractivity contribution in [1.29, 1.82) is 0 Å². The molecule has 24 heavy (non-hydrogen) atoms. The Labute approximate surface area is 160 Å². The van der Waals surface area contributed by atoms with Crippen LogP contribution >= 0.6 is 43.2 Å². The van der Waals surface area contributed by atoms with E-state index in [1.54, 1.807) is 24.0 Å². The quantitative estimate of drug-likeness (QED) is 0.550. The zero-order valence-electron chi connectivity index (χ0n) is 12.6. The van der Waals surface area contributed by atoms with Crippen molar-refractivity contribution in [2.24, 2.45) is 10.1 Å². The van der Waals surface area contributed by atoms with Crippen molar-refractivity contribution in [3.63, 3.8) is 0 Å². The first-order valence-electron chi connectivity index (χ1n) is 7.01. The Balaban J connectivity index is 2.09. The molecule has 0 amide bonds. The predicted molar refractivity (Wildman–Crippen MR) is 106 cm³/mol. The van der Waals surface area contributed by atoms with Crippen molar-refractivity contribution in [3.8, 4) is 17.0 Å². The first-order valence-corrected chi connectivity index (χ1v) is 9.48. The van der Waals surface area contributed by atoms with Crippen molar-refractivity contribution in [2.45, 2.75) is 0 Å². The fourth-order valence-corrected chi connectivity index (χ4v) is 4.24. The summed E-state index contributed by atoms with van der Waals surface area (Å²) in [5, 5.41) is 16.7. The van der Waals surface area contributed by atoms with Crippen molar-refractivity contribution in [3.05, 3.63) is 67.2 Å². The number of rotatable bonds is 3. The summed E-state index contributed by atoms with van der Waals surface area (Å²) in [5.74, 6) is 0.147. The van der Waals surface area contributed by atoms with Gasteiger partial charge < -0.3 is 5.11 Å². The summed E-state index contributed by atoms with van der Waals surface area (Å²) in [7, 11) is 1.74. The molecule has 7 heteroatoms. The Morgan fingerprint density at radius 2 is 1.92 bits per heavy atom. The number of aromatic hydroxyl groups is 1. The highest BCUT2D eigenvalue weighted by molar-refractivity contribution is 9.11. The summed E-state index contributed by atoms with van der Waals surface area (Å²) in [5.41, 5.74) is 2.61. The van der Waals surface area contributed by atoms with E-state index in [2.05, 4.69) is 42.0 Å². The minimum Gasteiger partial charge on any atom is -0.506 e.